The Balaban J connectivity index is 2.99. The summed E-state index contributed by atoms with van der Waals surface area (Å²) in [5.74, 6) is 0.693. The van der Waals surface area contributed by atoms with Crippen molar-refractivity contribution in [1.29, 1.82) is 0 Å². The third-order valence-electron chi connectivity index (χ3n) is 4.19. The van der Waals surface area contributed by atoms with Gasteiger partial charge < -0.3 is 9.84 Å². The van der Waals surface area contributed by atoms with Crippen LogP contribution in [-0.4, -0.2) is 18.3 Å². The number of aliphatic hydroxyl groups is 1. The monoisotopic (exact) mass is 350 g/mol. The molecule has 1 rings (SSSR count). The van der Waals surface area contributed by atoms with Crippen molar-refractivity contribution in [3.05, 3.63) is 110 Å². The maximum Gasteiger partial charge on any atom is 0.104 e. The number of allylic oxidation sites excluding steroid dienone is 11. The maximum absolute atomic E-state index is 10.1. The average Bonchev–Trinajstić information content (AvgIpc) is 2.60. The third-order valence-corrected chi connectivity index (χ3v) is 4.19. The first-order chi connectivity index (χ1) is 12.6. The van der Waals surface area contributed by atoms with Crippen molar-refractivity contribution in [2.24, 2.45) is 5.92 Å². The Kier molecular flexibility index (Phi) is 9.81. The van der Waals surface area contributed by atoms with Gasteiger partial charge in [-0.25, -0.2) is 0 Å². The van der Waals surface area contributed by atoms with Gasteiger partial charge in [-0.1, -0.05) is 97.7 Å². The molecule has 0 saturated carbocycles. The topological polar surface area (TPSA) is 29.5 Å². The van der Waals surface area contributed by atoms with Crippen molar-refractivity contribution in [1.82, 2.24) is 0 Å². The van der Waals surface area contributed by atoms with E-state index in [1.807, 2.05) is 30.4 Å². The quantitative estimate of drug-likeness (QED) is 0.454. The largest absolute Gasteiger partial charge is 0.501 e. The highest BCUT2D eigenvalue weighted by Crippen LogP contribution is 2.38. The predicted molar refractivity (Wildman–Crippen MR) is 113 cm³/mol. The van der Waals surface area contributed by atoms with E-state index >= 15 is 0 Å². The Bertz CT molecular complexity index is 668. The minimum Gasteiger partial charge on any atom is -0.501 e. The zero-order valence-corrected chi connectivity index (χ0v) is 15.7. The molecule has 0 saturated heterocycles. The summed E-state index contributed by atoms with van der Waals surface area (Å²) in [6.07, 6.45) is 20.8. The lowest BCUT2D eigenvalue weighted by Crippen LogP contribution is -2.32. The smallest absolute Gasteiger partial charge is 0.104 e. The van der Waals surface area contributed by atoms with Crippen molar-refractivity contribution in [2.45, 2.75) is 25.4 Å². The number of aliphatic hydroxyl groups excluding tert-OH is 1. The number of methoxy groups -OCH3 is 1. The molecule has 1 aliphatic rings. The predicted octanol–water partition coefficient (Wildman–Crippen LogP) is 5.76. The molecule has 0 fully saturated rings. The summed E-state index contributed by atoms with van der Waals surface area (Å²) in [6, 6.07) is 0. The molecule has 2 nitrogen and oxygen atoms in total. The van der Waals surface area contributed by atoms with Gasteiger partial charge in [0.15, 0.2) is 0 Å². The summed E-state index contributed by atoms with van der Waals surface area (Å²) < 4.78 is 5.37. The van der Waals surface area contributed by atoms with Crippen molar-refractivity contribution in [3.63, 3.8) is 0 Å². The van der Waals surface area contributed by atoms with E-state index in [0.29, 0.717) is 0 Å². The van der Waals surface area contributed by atoms with Crippen LogP contribution in [0.25, 0.3) is 0 Å². The van der Waals surface area contributed by atoms with Gasteiger partial charge in [0, 0.05) is 0 Å². The Hall–Kier alpha value is -2.58. The third kappa shape index (κ3) is 6.38. The molecule has 2 atom stereocenters. The van der Waals surface area contributed by atoms with Gasteiger partial charge in [-0.15, -0.1) is 0 Å². The van der Waals surface area contributed by atoms with Crippen LogP contribution in [0.2, 0.25) is 0 Å². The van der Waals surface area contributed by atoms with Crippen LogP contribution >= 0.6 is 0 Å². The van der Waals surface area contributed by atoms with Crippen LogP contribution < -0.4 is 0 Å². The van der Waals surface area contributed by atoms with Crippen LogP contribution in [0.3, 0.4) is 0 Å². The minimum atomic E-state index is -0.514. The zero-order valence-electron chi connectivity index (χ0n) is 15.7. The second kappa shape index (κ2) is 11.9. The molecule has 138 valence electrons. The lowest BCUT2D eigenvalue weighted by Gasteiger charge is -2.33. The first-order valence-corrected chi connectivity index (χ1v) is 8.74. The van der Waals surface area contributed by atoms with E-state index in [4.69, 9.17) is 4.74 Å². The number of ether oxygens (including phenoxy) is 1. The van der Waals surface area contributed by atoms with Crippen LogP contribution in [-0.2, 0) is 4.74 Å². The molecule has 0 aromatic rings. The van der Waals surface area contributed by atoms with Crippen molar-refractivity contribution < 1.29 is 9.84 Å². The van der Waals surface area contributed by atoms with Crippen molar-refractivity contribution in [2.75, 3.05) is 7.11 Å². The van der Waals surface area contributed by atoms with Gasteiger partial charge in [0.2, 0.25) is 0 Å². The van der Waals surface area contributed by atoms with Gasteiger partial charge in [0.05, 0.1) is 19.1 Å². The molecule has 0 heterocycles. The molecule has 0 bridgehead atoms. The molecular weight excluding hydrogens is 320 g/mol. The van der Waals surface area contributed by atoms with Gasteiger partial charge >= 0.3 is 0 Å². The molecule has 0 amide bonds. The van der Waals surface area contributed by atoms with Gasteiger partial charge in [-0.3, -0.25) is 0 Å². The summed E-state index contributed by atoms with van der Waals surface area (Å²) in [7, 11) is 1.63. The highest BCUT2D eigenvalue weighted by molar-refractivity contribution is 5.37. The lowest BCUT2D eigenvalue weighted by atomic mass is 9.78. The Labute approximate surface area is 158 Å². The molecule has 0 aromatic carbocycles. The Morgan fingerprint density at radius 2 is 1.65 bits per heavy atom. The van der Waals surface area contributed by atoms with Gasteiger partial charge in [-0.2, -0.15) is 0 Å². The van der Waals surface area contributed by atoms with Crippen LogP contribution in [0.15, 0.2) is 110 Å². The zero-order chi connectivity index (χ0) is 19.4. The first-order valence-electron chi connectivity index (χ1n) is 8.74. The van der Waals surface area contributed by atoms with E-state index in [2.05, 4.69) is 32.4 Å². The van der Waals surface area contributed by atoms with E-state index in [-0.39, 0.29) is 5.92 Å². The fourth-order valence-electron chi connectivity index (χ4n) is 3.02. The SMILES string of the molecule is C=CC=C(C/C=C/C=C)CC(=CC=C)CC(=CC=C)C1C(OC)=CC1O. The lowest BCUT2D eigenvalue weighted by molar-refractivity contribution is 0.0995. The van der Waals surface area contributed by atoms with Gasteiger partial charge in [0.1, 0.15) is 5.76 Å². The molecule has 1 N–H and O–H groups in total. The standard InChI is InChI=1S/C24H30O2/c1-6-10-11-15-19(12-7-2)16-20(13-8-3)17-21(14-9-4)24-22(25)18-23(24)26-5/h6-14,18,22,24-25H,1-4,15-17H2,5H3/b11-10+,19-12?,20-13?,21-14?. The van der Waals surface area contributed by atoms with Gasteiger partial charge in [-0.05, 0) is 25.3 Å². The van der Waals surface area contributed by atoms with Crippen LogP contribution in [0.4, 0.5) is 0 Å². The molecule has 26 heavy (non-hydrogen) atoms. The normalized spacial score (nSPS) is 21.0. The summed E-state index contributed by atoms with van der Waals surface area (Å²) in [4.78, 5) is 0. The highest BCUT2D eigenvalue weighted by atomic mass is 16.5. The molecule has 2 heteroatoms. The molecule has 0 aliphatic heterocycles. The van der Waals surface area contributed by atoms with Gasteiger partial charge in [0.25, 0.3) is 0 Å². The second-order valence-electron chi connectivity index (χ2n) is 6.06. The summed E-state index contributed by atoms with van der Waals surface area (Å²) >= 11 is 0. The number of hydrogen-bond donors (Lipinski definition) is 1. The maximum atomic E-state index is 10.1. The van der Waals surface area contributed by atoms with E-state index in [1.165, 1.54) is 11.1 Å². The highest BCUT2D eigenvalue weighted by Gasteiger charge is 2.35. The Morgan fingerprint density at radius 1 is 1.00 bits per heavy atom. The van der Waals surface area contributed by atoms with Crippen LogP contribution in [0.1, 0.15) is 19.3 Å². The summed E-state index contributed by atoms with van der Waals surface area (Å²) in [5, 5.41) is 10.1. The molecular formula is C24H30O2. The molecule has 0 spiro atoms. The van der Waals surface area contributed by atoms with E-state index in [1.54, 1.807) is 31.4 Å². The molecule has 1 aliphatic carbocycles. The number of hydrogen-bond acceptors (Lipinski definition) is 2. The fraction of sp³-hybridized carbons (Fsp3) is 0.250. The van der Waals surface area contributed by atoms with Crippen molar-refractivity contribution in [3.8, 4) is 0 Å². The second-order valence-corrected chi connectivity index (χ2v) is 6.06. The fourth-order valence-corrected chi connectivity index (χ4v) is 3.02. The molecule has 0 aromatic heterocycles. The van der Waals surface area contributed by atoms with Crippen LogP contribution in [0, 0.1) is 5.92 Å². The number of rotatable bonds is 12. The summed E-state index contributed by atoms with van der Waals surface area (Å²) in [6.45, 7) is 15.2. The van der Waals surface area contributed by atoms with E-state index < -0.39 is 6.10 Å². The Morgan fingerprint density at radius 3 is 2.19 bits per heavy atom. The summed E-state index contributed by atoms with van der Waals surface area (Å²) in [5.41, 5.74) is 3.54. The molecule has 2 unspecified atom stereocenters. The van der Waals surface area contributed by atoms with Crippen molar-refractivity contribution >= 4 is 0 Å². The first kappa shape index (κ1) is 21.5. The van der Waals surface area contributed by atoms with Crippen LogP contribution in [0.5, 0.6) is 0 Å². The minimum absolute atomic E-state index is 0.112. The van der Waals surface area contributed by atoms with E-state index in [0.717, 1.165) is 30.6 Å². The van der Waals surface area contributed by atoms with E-state index in [9.17, 15) is 5.11 Å². The molecule has 0 radical (unpaired) electrons. The average molecular weight is 351 g/mol.